The summed E-state index contributed by atoms with van der Waals surface area (Å²) in [6.45, 7) is 0. The first-order valence-electron chi connectivity index (χ1n) is 9.12. The van der Waals surface area contributed by atoms with E-state index in [1.54, 1.807) is 7.11 Å². The highest BCUT2D eigenvalue weighted by Crippen LogP contribution is 2.76. The molecule has 1 aromatic carbocycles. The molecule has 1 saturated heterocycles. The minimum Gasteiger partial charge on any atom is -0.497 e. The molecule has 26 heavy (non-hydrogen) atoms. The number of ether oxygens (including phenoxy) is 4. The fourth-order valence-electron chi connectivity index (χ4n) is 6.41. The number of rotatable bonds is 4. The van der Waals surface area contributed by atoms with Gasteiger partial charge in [-0.25, -0.2) is 0 Å². The van der Waals surface area contributed by atoms with Crippen molar-refractivity contribution in [2.45, 2.75) is 46.9 Å². The number of hydrogen-bond donors (Lipinski definition) is 0. The Hall–Kier alpha value is -0.860. The maximum Gasteiger partial charge on any atom is 0.306 e. The van der Waals surface area contributed by atoms with Crippen LogP contribution in [0.15, 0.2) is 18.2 Å². The van der Waals surface area contributed by atoms with E-state index in [9.17, 15) is 4.79 Å². The van der Waals surface area contributed by atoms with Crippen molar-refractivity contribution in [2.24, 2.45) is 11.3 Å². The van der Waals surface area contributed by atoms with Gasteiger partial charge in [0.25, 0.3) is 0 Å². The zero-order valence-corrected chi connectivity index (χ0v) is 17.3. The normalized spacial score (nSPS) is 44.1. The third-order valence-corrected chi connectivity index (χ3v) is 9.35. The van der Waals surface area contributed by atoms with Crippen LogP contribution in [0.1, 0.15) is 42.4 Å². The molecular weight excluding hydrogens is 447 g/mol. The molecule has 4 bridgehead atoms. The molecule has 6 heteroatoms. The molecule has 0 aromatic heterocycles. The fraction of sp³-hybridized carbons (Fsp3) is 0.650. The van der Waals surface area contributed by atoms with Crippen molar-refractivity contribution in [3.63, 3.8) is 0 Å². The highest BCUT2D eigenvalue weighted by molar-refractivity contribution is 14.1. The third kappa shape index (κ3) is 1.81. The Labute approximate surface area is 166 Å². The van der Waals surface area contributed by atoms with Gasteiger partial charge in [0, 0.05) is 28.3 Å². The molecule has 1 aromatic rings. The highest BCUT2D eigenvalue weighted by atomic mass is 127. The quantitative estimate of drug-likeness (QED) is 0.384. The van der Waals surface area contributed by atoms with E-state index in [1.807, 2.05) is 13.2 Å². The molecule has 0 amide bonds. The van der Waals surface area contributed by atoms with Crippen molar-refractivity contribution in [1.29, 1.82) is 0 Å². The summed E-state index contributed by atoms with van der Waals surface area (Å²) < 4.78 is 23.6. The van der Waals surface area contributed by atoms with Crippen LogP contribution in [-0.4, -0.2) is 42.9 Å². The number of carbonyl (C=O) groups excluding carboxylic acids is 1. The van der Waals surface area contributed by atoms with E-state index >= 15 is 0 Å². The molecule has 7 atom stereocenters. The summed E-state index contributed by atoms with van der Waals surface area (Å²) in [4.78, 5) is 12.4. The molecule has 4 fully saturated rings. The summed E-state index contributed by atoms with van der Waals surface area (Å²) in [6, 6.07) is 6.28. The molecule has 4 unspecified atom stereocenters. The van der Waals surface area contributed by atoms with E-state index in [1.165, 1.54) is 18.2 Å². The summed E-state index contributed by atoms with van der Waals surface area (Å²) in [5, 5.41) is 0. The Balaban J connectivity index is 1.72. The minimum atomic E-state index is -0.259. The number of halogens is 1. The zero-order valence-electron chi connectivity index (χ0n) is 15.2. The van der Waals surface area contributed by atoms with Crippen molar-refractivity contribution in [1.82, 2.24) is 0 Å². The summed E-state index contributed by atoms with van der Waals surface area (Å²) in [7, 11) is 4.99. The lowest BCUT2D eigenvalue weighted by Gasteiger charge is -2.61. The smallest absolute Gasteiger partial charge is 0.306 e. The Morgan fingerprint density at radius 2 is 2.08 bits per heavy atom. The molecule has 5 aliphatic rings. The topological polar surface area (TPSA) is 54.0 Å². The van der Waals surface area contributed by atoms with E-state index in [0.717, 1.165) is 18.6 Å². The SMILES string of the molecule is COC(=O)C[C@]12CC[C@@]3(OC)C(O[C@H]4c5ccc(OC)cc5C1C43)C2I. The Morgan fingerprint density at radius 3 is 2.77 bits per heavy atom. The number of hydrogen-bond acceptors (Lipinski definition) is 5. The first kappa shape index (κ1) is 17.3. The van der Waals surface area contributed by atoms with E-state index in [4.69, 9.17) is 18.9 Å². The average molecular weight is 470 g/mol. The maximum absolute atomic E-state index is 12.4. The Kier molecular flexibility index (Phi) is 3.70. The van der Waals surface area contributed by atoms with Gasteiger partial charge in [0.05, 0.1) is 32.8 Å². The standard InChI is InChI=1S/C20H23IO5/c1-23-10-4-5-11-12(8-10)14-15-16(11)26-18-17(21)19(14,9-13(22)24-2)6-7-20(15,18)25-3/h4-5,8,14-18H,6-7,9H2,1-3H3/t14?,15?,16-,17?,18?,19+,20-/m0/s1. The molecule has 0 N–H and O–H groups in total. The number of methoxy groups -OCH3 is 3. The van der Waals surface area contributed by atoms with Gasteiger partial charge in [-0.15, -0.1) is 0 Å². The Morgan fingerprint density at radius 1 is 1.27 bits per heavy atom. The predicted molar refractivity (Wildman–Crippen MR) is 103 cm³/mol. The lowest BCUT2D eigenvalue weighted by molar-refractivity contribution is -0.181. The molecular formula is C20H23IO5. The second-order valence-electron chi connectivity index (χ2n) is 8.02. The predicted octanol–water partition coefficient (Wildman–Crippen LogP) is 3.39. The Bertz CT molecular complexity index is 781. The van der Waals surface area contributed by atoms with E-state index in [0.29, 0.717) is 6.42 Å². The summed E-state index contributed by atoms with van der Waals surface area (Å²) in [5.41, 5.74) is 2.09. The molecule has 0 radical (unpaired) electrons. The van der Waals surface area contributed by atoms with Crippen LogP contribution in [0.3, 0.4) is 0 Å². The monoisotopic (exact) mass is 470 g/mol. The van der Waals surface area contributed by atoms with Gasteiger partial charge in [0.1, 0.15) is 11.4 Å². The van der Waals surface area contributed by atoms with Gasteiger partial charge in [-0.1, -0.05) is 28.7 Å². The van der Waals surface area contributed by atoms with Crippen molar-refractivity contribution < 1.29 is 23.7 Å². The van der Waals surface area contributed by atoms with Gasteiger partial charge in [-0.3, -0.25) is 4.79 Å². The van der Waals surface area contributed by atoms with Gasteiger partial charge in [0.15, 0.2) is 0 Å². The number of benzene rings is 1. The summed E-state index contributed by atoms with van der Waals surface area (Å²) in [5.74, 6) is 1.20. The van der Waals surface area contributed by atoms with Crippen LogP contribution >= 0.6 is 22.6 Å². The van der Waals surface area contributed by atoms with E-state index in [2.05, 4.69) is 34.7 Å². The van der Waals surface area contributed by atoms with Crippen molar-refractivity contribution in [3.8, 4) is 5.75 Å². The van der Waals surface area contributed by atoms with Crippen LogP contribution in [0.25, 0.3) is 0 Å². The van der Waals surface area contributed by atoms with Crippen LogP contribution in [0.2, 0.25) is 0 Å². The second kappa shape index (κ2) is 5.58. The minimum absolute atomic E-state index is 0.0213. The molecule has 6 rings (SSSR count). The largest absolute Gasteiger partial charge is 0.497 e. The first-order valence-corrected chi connectivity index (χ1v) is 10.4. The second-order valence-corrected chi connectivity index (χ2v) is 9.36. The molecule has 3 saturated carbocycles. The van der Waals surface area contributed by atoms with Crippen molar-refractivity contribution >= 4 is 28.6 Å². The lowest BCUT2D eigenvalue weighted by atomic mass is 9.47. The van der Waals surface area contributed by atoms with Gasteiger partial charge < -0.3 is 18.9 Å². The average Bonchev–Trinajstić information content (AvgIpc) is 3.16. The number of alkyl halides is 1. The van der Waals surface area contributed by atoms with Gasteiger partial charge in [-0.2, -0.15) is 0 Å². The number of esters is 1. The van der Waals surface area contributed by atoms with E-state index < -0.39 is 0 Å². The molecule has 5 nitrogen and oxygen atoms in total. The first-order chi connectivity index (χ1) is 12.5. The third-order valence-electron chi connectivity index (χ3n) is 7.46. The van der Waals surface area contributed by atoms with Crippen molar-refractivity contribution in [2.75, 3.05) is 21.3 Å². The van der Waals surface area contributed by atoms with Gasteiger partial charge in [-0.05, 0) is 36.1 Å². The molecule has 140 valence electrons. The van der Waals surface area contributed by atoms with Crippen LogP contribution < -0.4 is 4.74 Å². The summed E-state index contributed by atoms with van der Waals surface area (Å²) >= 11 is 2.51. The summed E-state index contributed by atoms with van der Waals surface area (Å²) in [6.07, 6.45) is 2.39. The molecule has 1 aliphatic heterocycles. The van der Waals surface area contributed by atoms with Crippen LogP contribution in [-0.2, 0) is 19.0 Å². The fourth-order valence-corrected chi connectivity index (χ4v) is 8.10. The molecule has 0 spiro atoms. The lowest BCUT2D eigenvalue weighted by Crippen LogP contribution is -2.67. The molecule has 4 aliphatic carbocycles. The van der Waals surface area contributed by atoms with Crippen LogP contribution in [0.5, 0.6) is 5.75 Å². The van der Waals surface area contributed by atoms with Crippen LogP contribution in [0, 0.1) is 11.3 Å². The highest BCUT2D eigenvalue weighted by Gasteiger charge is 2.77. The van der Waals surface area contributed by atoms with Gasteiger partial charge in [0.2, 0.25) is 0 Å². The number of carbonyl (C=O) groups is 1. The van der Waals surface area contributed by atoms with Crippen LogP contribution in [0.4, 0.5) is 0 Å². The zero-order chi connectivity index (χ0) is 18.3. The van der Waals surface area contributed by atoms with E-state index in [-0.39, 0.29) is 45.0 Å². The van der Waals surface area contributed by atoms with Gasteiger partial charge >= 0.3 is 5.97 Å². The maximum atomic E-state index is 12.4. The van der Waals surface area contributed by atoms with Crippen molar-refractivity contribution in [3.05, 3.63) is 29.3 Å². The number of fused-ring (bicyclic) bond motifs is 3. The molecule has 1 heterocycles.